The number of aliphatic hydroxyl groups is 1. The number of nitrogens with one attached hydrogen (secondary N) is 1. The molecule has 1 aliphatic heterocycles. The molecule has 3 amide bonds. The first kappa shape index (κ1) is 26.6. The molecule has 10 heteroatoms. The lowest BCUT2D eigenvalue weighted by Gasteiger charge is -2.38. The van der Waals surface area contributed by atoms with Crippen molar-refractivity contribution in [2.45, 2.75) is 31.5 Å². The molecule has 0 bridgehead atoms. The molecule has 0 saturated carbocycles. The summed E-state index contributed by atoms with van der Waals surface area (Å²) in [7, 11) is 1.40. The fraction of sp³-hybridized carbons (Fsp3) is 0.308. The summed E-state index contributed by atoms with van der Waals surface area (Å²) in [6, 6.07) is 15.5. The highest BCUT2D eigenvalue weighted by Crippen LogP contribution is 2.27. The summed E-state index contributed by atoms with van der Waals surface area (Å²) in [5, 5.41) is 22.1. The number of hydrogen-bond donors (Lipinski definition) is 3. The standard InChI is InChI=1S/C26H29N3O7/c1-17(30)28-14-21(19-11-7-4-8-12-19)29(25(33)22(28)16-36-2)15-23(31)27-20(24(32)26(34)35)13-18-9-5-3-6-10-18/h3-12,14,20,22,24,32H,13,15-16H2,1-2H3,(H,27,31)(H,34,35)/t20-,22?,24?/m0/s1. The van der Waals surface area contributed by atoms with Crippen LogP contribution in [0.3, 0.4) is 0 Å². The lowest BCUT2D eigenvalue weighted by atomic mass is 10.0. The molecule has 2 unspecified atom stereocenters. The average molecular weight is 496 g/mol. The van der Waals surface area contributed by atoms with Crippen molar-refractivity contribution in [3.05, 3.63) is 78.0 Å². The summed E-state index contributed by atoms with van der Waals surface area (Å²) in [6.07, 6.45) is -0.284. The van der Waals surface area contributed by atoms with Crippen LogP contribution >= 0.6 is 0 Å². The number of carboxylic acids is 1. The predicted octanol–water partition coefficient (Wildman–Crippen LogP) is 0.864. The molecule has 1 aliphatic rings. The van der Waals surface area contributed by atoms with Crippen LogP contribution in [-0.2, 0) is 30.3 Å². The summed E-state index contributed by atoms with van der Waals surface area (Å²) >= 11 is 0. The van der Waals surface area contributed by atoms with E-state index in [0.717, 1.165) is 5.56 Å². The molecule has 10 nitrogen and oxygen atoms in total. The Morgan fingerprint density at radius 3 is 2.22 bits per heavy atom. The van der Waals surface area contributed by atoms with E-state index in [1.165, 1.54) is 30.0 Å². The van der Waals surface area contributed by atoms with Crippen molar-refractivity contribution >= 4 is 29.4 Å². The van der Waals surface area contributed by atoms with Crippen molar-refractivity contribution < 1.29 is 34.1 Å². The summed E-state index contributed by atoms with van der Waals surface area (Å²) in [5.74, 6) is -3.04. The number of ether oxygens (including phenoxy) is 1. The molecule has 0 aromatic heterocycles. The number of rotatable bonds is 10. The maximum Gasteiger partial charge on any atom is 0.334 e. The van der Waals surface area contributed by atoms with Crippen molar-refractivity contribution in [2.24, 2.45) is 0 Å². The molecule has 1 heterocycles. The van der Waals surface area contributed by atoms with Crippen molar-refractivity contribution in [3.8, 4) is 0 Å². The molecule has 190 valence electrons. The maximum absolute atomic E-state index is 13.5. The number of nitrogens with zero attached hydrogens (tertiary/aromatic N) is 2. The number of carbonyl (C=O) groups excluding carboxylic acids is 3. The van der Waals surface area contributed by atoms with Gasteiger partial charge in [-0.2, -0.15) is 0 Å². The number of hydrogen-bond acceptors (Lipinski definition) is 6. The Morgan fingerprint density at radius 1 is 1.06 bits per heavy atom. The minimum absolute atomic E-state index is 0.0692. The third kappa shape index (κ3) is 6.35. The highest BCUT2D eigenvalue weighted by Gasteiger charge is 2.39. The maximum atomic E-state index is 13.5. The minimum atomic E-state index is -1.86. The van der Waals surface area contributed by atoms with Gasteiger partial charge in [0.1, 0.15) is 12.6 Å². The van der Waals surface area contributed by atoms with E-state index < -0.39 is 42.5 Å². The molecule has 2 aromatic carbocycles. The fourth-order valence-corrected chi connectivity index (χ4v) is 4.01. The van der Waals surface area contributed by atoms with Gasteiger partial charge in [-0.25, -0.2) is 4.79 Å². The van der Waals surface area contributed by atoms with E-state index in [-0.39, 0.29) is 18.9 Å². The number of amides is 3. The lowest BCUT2D eigenvalue weighted by Crippen LogP contribution is -2.57. The normalized spacial score (nSPS) is 17.2. The van der Waals surface area contributed by atoms with Gasteiger partial charge < -0.3 is 25.2 Å². The molecule has 0 saturated heterocycles. The molecular weight excluding hydrogens is 466 g/mol. The quantitative estimate of drug-likeness (QED) is 0.445. The second kappa shape index (κ2) is 12.1. The van der Waals surface area contributed by atoms with Crippen LogP contribution in [0.5, 0.6) is 0 Å². The Balaban J connectivity index is 1.90. The Morgan fingerprint density at radius 2 is 1.67 bits per heavy atom. The monoisotopic (exact) mass is 495 g/mol. The molecule has 3 N–H and O–H groups in total. The summed E-state index contributed by atoms with van der Waals surface area (Å²) in [4.78, 5) is 52.8. The van der Waals surface area contributed by atoms with Gasteiger partial charge in [-0.1, -0.05) is 60.7 Å². The van der Waals surface area contributed by atoms with E-state index in [4.69, 9.17) is 4.74 Å². The van der Waals surface area contributed by atoms with E-state index in [9.17, 15) is 29.4 Å². The third-order valence-electron chi connectivity index (χ3n) is 5.78. The van der Waals surface area contributed by atoms with Gasteiger partial charge in [-0.3, -0.25) is 19.3 Å². The Hall–Kier alpha value is -4.02. The molecule has 0 radical (unpaired) electrons. The first-order valence-corrected chi connectivity index (χ1v) is 11.3. The van der Waals surface area contributed by atoms with Gasteiger partial charge in [0, 0.05) is 20.2 Å². The summed E-state index contributed by atoms with van der Waals surface area (Å²) in [6.45, 7) is 0.797. The largest absolute Gasteiger partial charge is 0.479 e. The molecule has 0 fully saturated rings. The molecular formula is C26H29N3O7. The van der Waals surface area contributed by atoms with Gasteiger partial charge in [0.25, 0.3) is 5.91 Å². The Labute approximate surface area is 208 Å². The van der Waals surface area contributed by atoms with E-state index in [2.05, 4.69) is 5.32 Å². The molecule has 3 rings (SSSR count). The number of aliphatic carboxylic acids is 1. The van der Waals surface area contributed by atoms with Gasteiger partial charge in [0.15, 0.2) is 6.10 Å². The number of benzene rings is 2. The summed E-state index contributed by atoms with van der Waals surface area (Å²) in [5.41, 5.74) is 1.66. The van der Waals surface area contributed by atoms with Crippen LogP contribution in [-0.4, -0.2) is 82.2 Å². The van der Waals surface area contributed by atoms with Crippen molar-refractivity contribution in [3.63, 3.8) is 0 Å². The predicted molar refractivity (Wildman–Crippen MR) is 130 cm³/mol. The smallest absolute Gasteiger partial charge is 0.334 e. The van der Waals surface area contributed by atoms with Crippen LogP contribution in [0.15, 0.2) is 66.9 Å². The van der Waals surface area contributed by atoms with Gasteiger partial charge >= 0.3 is 5.97 Å². The Bertz CT molecular complexity index is 1120. The van der Waals surface area contributed by atoms with Crippen molar-refractivity contribution in [1.29, 1.82) is 0 Å². The molecule has 0 aliphatic carbocycles. The van der Waals surface area contributed by atoms with Crippen LogP contribution in [0.2, 0.25) is 0 Å². The highest BCUT2D eigenvalue weighted by atomic mass is 16.5. The highest BCUT2D eigenvalue weighted by molar-refractivity contribution is 5.99. The second-order valence-corrected chi connectivity index (χ2v) is 8.35. The molecule has 3 atom stereocenters. The number of carboxylic acid groups (broad SMARTS) is 1. The van der Waals surface area contributed by atoms with Crippen LogP contribution in [0.4, 0.5) is 0 Å². The second-order valence-electron chi connectivity index (χ2n) is 8.35. The molecule has 36 heavy (non-hydrogen) atoms. The topological polar surface area (TPSA) is 136 Å². The van der Waals surface area contributed by atoms with Crippen molar-refractivity contribution in [2.75, 3.05) is 20.3 Å². The van der Waals surface area contributed by atoms with Crippen LogP contribution in [0.25, 0.3) is 5.70 Å². The SMILES string of the molecule is COCC1C(=O)N(CC(=O)N[C@@H](Cc2ccccc2)C(O)C(=O)O)C(c2ccccc2)=CN1C(C)=O. The number of methoxy groups -OCH3 is 1. The molecule has 0 spiro atoms. The lowest BCUT2D eigenvalue weighted by molar-refractivity contribution is -0.149. The van der Waals surface area contributed by atoms with Crippen molar-refractivity contribution in [1.82, 2.24) is 15.1 Å². The van der Waals surface area contributed by atoms with E-state index in [0.29, 0.717) is 11.3 Å². The number of carbonyl (C=O) groups is 4. The van der Waals surface area contributed by atoms with E-state index >= 15 is 0 Å². The first-order valence-electron chi connectivity index (χ1n) is 11.3. The van der Waals surface area contributed by atoms with Gasteiger partial charge in [0.2, 0.25) is 11.8 Å². The average Bonchev–Trinajstić information content (AvgIpc) is 2.86. The zero-order valence-electron chi connectivity index (χ0n) is 20.0. The minimum Gasteiger partial charge on any atom is -0.479 e. The van der Waals surface area contributed by atoms with Crippen LogP contribution < -0.4 is 5.32 Å². The third-order valence-corrected chi connectivity index (χ3v) is 5.78. The van der Waals surface area contributed by atoms with E-state index in [1.54, 1.807) is 60.7 Å². The zero-order chi connectivity index (χ0) is 26.2. The van der Waals surface area contributed by atoms with Gasteiger partial charge in [-0.15, -0.1) is 0 Å². The van der Waals surface area contributed by atoms with Gasteiger partial charge in [0.05, 0.1) is 18.3 Å². The summed E-state index contributed by atoms with van der Waals surface area (Å²) < 4.78 is 5.15. The first-order chi connectivity index (χ1) is 17.2. The van der Waals surface area contributed by atoms with E-state index in [1.807, 2.05) is 0 Å². The Kier molecular flexibility index (Phi) is 8.93. The fourth-order valence-electron chi connectivity index (χ4n) is 4.01. The van der Waals surface area contributed by atoms with Crippen LogP contribution in [0, 0.1) is 0 Å². The zero-order valence-corrected chi connectivity index (χ0v) is 20.0. The number of aliphatic hydroxyl groups excluding tert-OH is 1. The van der Waals surface area contributed by atoms with Gasteiger partial charge in [-0.05, 0) is 17.5 Å². The van der Waals surface area contributed by atoms with Crippen LogP contribution in [0.1, 0.15) is 18.1 Å². The molecule has 2 aromatic rings.